The molecule has 0 saturated carbocycles. The molecule has 1 aliphatic rings. The molecule has 0 atom stereocenters. The minimum atomic E-state index is -0.526. The second kappa shape index (κ2) is 10.9. The molecule has 3 aromatic carbocycles. The van der Waals surface area contributed by atoms with Crippen molar-refractivity contribution < 1.29 is 23.7 Å². The number of aryl methyl sites for hydroxylation is 1. The van der Waals surface area contributed by atoms with Gasteiger partial charge in [-0.25, -0.2) is 9.79 Å². The summed E-state index contributed by atoms with van der Waals surface area (Å²) in [7, 11) is 0. The Hall–Kier alpha value is -3.77. The fraction of sp³-hybridized carbons (Fsp3) is 0.185. The second-order valence-corrected chi connectivity index (χ2v) is 7.83. The lowest BCUT2D eigenvalue weighted by Gasteiger charge is -2.15. The first kappa shape index (κ1) is 23.4. The Bertz CT molecular complexity index is 1240. The smallest absolute Gasteiger partial charge is 0.363 e. The van der Waals surface area contributed by atoms with E-state index < -0.39 is 5.97 Å². The maximum atomic E-state index is 12.3. The lowest BCUT2D eigenvalue weighted by Crippen LogP contribution is -2.10. The molecule has 0 aromatic heterocycles. The molecule has 0 fully saturated rings. The Balaban J connectivity index is 1.50. The predicted octanol–water partition coefficient (Wildman–Crippen LogP) is 5.85. The summed E-state index contributed by atoms with van der Waals surface area (Å²) in [5.74, 6) is 1.43. The topological polar surface area (TPSA) is 66.4 Å². The normalized spacial score (nSPS) is 14.0. The highest BCUT2D eigenvalue weighted by molar-refractivity contribution is 6.32. The van der Waals surface area contributed by atoms with Crippen LogP contribution in [-0.4, -0.2) is 31.7 Å². The molecule has 1 heterocycles. The summed E-state index contributed by atoms with van der Waals surface area (Å²) in [5, 5.41) is 0.354. The summed E-state index contributed by atoms with van der Waals surface area (Å²) in [4.78, 5) is 16.7. The van der Waals surface area contributed by atoms with Crippen molar-refractivity contribution in [3.8, 4) is 17.2 Å². The zero-order valence-electron chi connectivity index (χ0n) is 18.9. The van der Waals surface area contributed by atoms with Gasteiger partial charge in [0.2, 0.25) is 5.90 Å². The summed E-state index contributed by atoms with van der Waals surface area (Å²) in [6, 6.07) is 20.5. The average molecular weight is 478 g/mol. The maximum absolute atomic E-state index is 12.3. The molecular weight excluding hydrogens is 454 g/mol. The summed E-state index contributed by atoms with van der Waals surface area (Å²) in [6.07, 6.45) is 1.61. The van der Waals surface area contributed by atoms with Crippen molar-refractivity contribution in [3.63, 3.8) is 0 Å². The Morgan fingerprint density at radius 3 is 2.44 bits per heavy atom. The second-order valence-electron chi connectivity index (χ2n) is 7.43. The van der Waals surface area contributed by atoms with E-state index in [1.165, 1.54) is 0 Å². The van der Waals surface area contributed by atoms with Gasteiger partial charge in [0.25, 0.3) is 0 Å². The molecule has 3 aromatic rings. The number of hydrogen-bond acceptors (Lipinski definition) is 6. The van der Waals surface area contributed by atoms with Crippen molar-refractivity contribution in [3.05, 3.63) is 94.1 Å². The molecule has 0 radical (unpaired) electrons. The van der Waals surface area contributed by atoms with Crippen LogP contribution in [0.1, 0.15) is 23.6 Å². The Kier molecular flexibility index (Phi) is 7.50. The number of hydrogen-bond donors (Lipinski definition) is 0. The standard InChI is InChI=1S/C27H24ClNO5/c1-3-31-24-17-19(16-22-27(30)34-26(29-22)20-10-5-4-6-11-20)15-21(28)25(24)33-14-13-32-23-12-8-7-9-18(23)2/h4-12,15-17H,3,13-14H2,1-2H3. The van der Waals surface area contributed by atoms with Crippen LogP contribution in [0.15, 0.2) is 77.4 Å². The average Bonchev–Trinajstić information content (AvgIpc) is 3.20. The summed E-state index contributed by atoms with van der Waals surface area (Å²) >= 11 is 6.51. The zero-order valence-corrected chi connectivity index (χ0v) is 19.7. The molecule has 174 valence electrons. The quantitative estimate of drug-likeness (QED) is 0.220. The number of carbonyl (C=O) groups is 1. The molecule has 0 N–H and O–H groups in total. The molecule has 34 heavy (non-hydrogen) atoms. The van der Waals surface area contributed by atoms with E-state index in [1.807, 2.05) is 68.4 Å². The van der Waals surface area contributed by atoms with Gasteiger partial charge < -0.3 is 18.9 Å². The number of cyclic esters (lactones) is 1. The van der Waals surface area contributed by atoms with Crippen LogP contribution >= 0.6 is 11.6 Å². The van der Waals surface area contributed by atoms with Gasteiger partial charge in [-0.3, -0.25) is 0 Å². The third kappa shape index (κ3) is 5.58. The van der Waals surface area contributed by atoms with E-state index in [9.17, 15) is 4.79 Å². The highest BCUT2D eigenvalue weighted by Gasteiger charge is 2.24. The number of nitrogens with zero attached hydrogens (tertiary/aromatic N) is 1. The molecule has 7 heteroatoms. The predicted molar refractivity (Wildman–Crippen MR) is 132 cm³/mol. The van der Waals surface area contributed by atoms with Gasteiger partial charge in [0, 0.05) is 5.56 Å². The highest BCUT2D eigenvalue weighted by Crippen LogP contribution is 2.37. The van der Waals surface area contributed by atoms with E-state index in [2.05, 4.69) is 4.99 Å². The number of ether oxygens (including phenoxy) is 4. The first-order valence-corrected chi connectivity index (χ1v) is 11.3. The van der Waals surface area contributed by atoms with Gasteiger partial charge in [-0.15, -0.1) is 0 Å². The molecular formula is C27H24ClNO5. The van der Waals surface area contributed by atoms with Crippen molar-refractivity contribution in [2.24, 2.45) is 4.99 Å². The van der Waals surface area contributed by atoms with E-state index >= 15 is 0 Å². The van der Waals surface area contributed by atoms with E-state index in [4.69, 9.17) is 30.5 Å². The lowest BCUT2D eigenvalue weighted by atomic mass is 10.1. The monoisotopic (exact) mass is 477 g/mol. The van der Waals surface area contributed by atoms with E-state index in [1.54, 1.807) is 18.2 Å². The number of halogens is 1. The van der Waals surface area contributed by atoms with Crippen LogP contribution in [-0.2, 0) is 9.53 Å². The first-order valence-electron chi connectivity index (χ1n) is 10.9. The van der Waals surface area contributed by atoms with Crippen molar-refractivity contribution in [2.75, 3.05) is 19.8 Å². The van der Waals surface area contributed by atoms with Gasteiger partial charge in [-0.05, 0) is 61.4 Å². The van der Waals surface area contributed by atoms with Gasteiger partial charge in [0.15, 0.2) is 17.2 Å². The Morgan fingerprint density at radius 1 is 0.941 bits per heavy atom. The van der Waals surface area contributed by atoms with Crippen molar-refractivity contribution >= 4 is 29.5 Å². The molecule has 0 saturated heterocycles. The molecule has 1 aliphatic heterocycles. The number of aliphatic imine (C=N–C) groups is 1. The van der Waals surface area contributed by atoms with Crippen LogP contribution in [0.2, 0.25) is 5.02 Å². The van der Waals surface area contributed by atoms with Crippen molar-refractivity contribution in [1.29, 1.82) is 0 Å². The molecule has 0 unspecified atom stereocenters. The number of esters is 1. The first-order chi connectivity index (χ1) is 16.5. The summed E-state index contributed by atoms with van der Waals surface area (Å²) < 4.78 is 22.7. The van der Waals surface area contributed by atoms with Gasteiger partial charge >= 0.3 is 5.97 Å². The Morgan fingerprint density at radius 2 is 1.68 bits per heavy atom. The number of benzene rings is 3. The molecule has 0 amide bonds. The minimum Gasteiger partial charge on any atom is -0.490 e. The van der Waals surface area contributed by atoms with Gasteiger partial charge in [0.1, 0.15) is 19.0 Å². The maximum Gasteiger partial charge on any atom is 0.363 e. The fourth-order valence-corrected chi connectivity index (χ4v) is 3.63. The largest absolute Gasteiger partial charge is 0.490 e. The van der Waals surface area contributed by atoms with Gasteiger partial charge in [0.05, 0.1) is 11.6 Å². The van der Waals surface area contributed by atoms with Crippen LogP contribution in [0.5, 0.6) is 17.2 Å². The molecule has 6 nitrogen and oxygen atoms in total. The number of carbonyl (C=O) groups excluding carboxylic acids is 1. The summed E-state index contributed by atoms with van der Waals surface area (Å²) in [5.41, 5.74) is 2.60. The van der Waals surface area contributed by atoms with Crippen LogP contribution in [0.3, 0.4) is 0 Å². The SMILES string of the molecule is CCOc1cc(C=C2N=C(c3ccccc3)OC2=O)cc(Cl)c1OCCOc1ccccc1C. The molecule has 0 bridgehead atoms. The van der Waals surface area contributed by atoms with Crippen LogP contribution < -0.4 is 14.2 Å². The Labute approximate surface area is 203 Å². The molecule has 0 aliphatic carbocycles. The van der Waals surface area contributed by atoms with Gasteiger partial charge in [-0.1, -0.05) is 48.0 Å². The molecule has 4 rings (SSSR count). The number of rotatable bonds is 9. The van der Waals surface area contributed by atoms with E-state index in [-0.39, 0.29) is 18.2 Å². The van der Waals surface area contributed by atoms with Crippen molar-refractivity contribution in [2.45, 2.75) is 13.8 Å². The fourth-order valence-electron chi connectivity index (χ4n) is 3.36. The van der Waals surface area contributed by atoms with E-state index in [0.29, 0.717) is 35.3 Å². The molecule has 0 spiro atoms. The van der Waals surface area contributed by atoms with Crippen LogP contribution in [0.4, 0.5) is 0 Å². The summed E-state index contributed by atoms with van der Waals surface area (Å²) in [6.45, 7) is 4.91. The minimum absolute atomic E-state index is 0.178. The van der Waals surface area contributed by atoms with Crippen LogP contribution in [0, 0.1) is 6.92 Å². The highest BCUT2D eigenvalue weighted by atomic mass is 35.5. The zero-order chi connectivity index (χ0) is 23.9. The third-order valence-electron chi connectivity index (χ3n) is 4.96. The number of para-hydroxylation sites is 1. The lowest BCUT2D eigenvalue weighted by molar-refractivity contribution is -0.129. The van der Waals surface area contributed by atoms with Crippen molar-refractivity contribution in [1.82, 2.24) is 0 Å². The van der Waals surface area contributed by atoms with Gasteiger partial charge in [-0.2, -0.15) is 0 Å². The van der Waals surface area contributed by atoms with E-state index in [0.717, 1.165) is 16.9 Å². The van der Waals surface area contributed by atoms with Crippen LogP contribution in [0.25, 0.3) is 6.08 Å². The third-order valence-corrected chi connectivity index (χ3v) is 5.24.